The number of para-hydroxylation sites is 1. The van der Waals surface area contributed by atoms with Crippen LogP contribution in [0.1, 0.15) is 0 Å². The van der Waals surface area contributed by atoms with Crippen LogP contribution in [0.4, 0.5) is 11.4 Å². The molecule has 0 saturated carbocycles. The van der Waals surface area contributed by atoms with E-state index in [4.69, 9.17) is 18.2 Å². The Labute approximate surface area is 73.4 Å². The summed E-state index contributed by atoms with van der Waals surface area (Å²) in [4.78, 5) is 12.7. The van der Waals surface area contributed by atoms with Crippen molar-refractivity contribution in [3.8, 4) is 0 Å². The van der Waals surface area contributed by atoms with Gasteiger partial charge in [-0.25, -0.2) is 4.85 Å². The van der Waals surface area contributed by atoms with Crippen LogP contribution in [0.15, 0.2) is 18.2 Å². The Morgan fingerprint density at radius 3 is 2.67 bits per heavy atom. The molecule has 0 aromatic heterocycles. The Morgan fingerprint density at radius 2 is 2.25 bits per heavy atom. The number of hydrogen-bond acceptors (Lipinski definition) is 2. The summed E-state index contributed by atoms with van der Waals surface area (Å²) >= 11 is 5.52. The van der Waals surface area contributed by atoms with Crippen LogP contribution in [-0.4, -0.2) is 4.92 Å². The largest absolute Gasteiger partial charge is 0.297 e. The summed E-state index contributed by atoms with van der Waals surface area (Å²) in [6.07, 6.45) is 0. The highest BCUT2D eigenvalue weighted by Gasteiger charge is 2.17. The third kappa shape index (κ3) is 1.36. The Morgan fingerprint density at radius 1 is 1.58 bits per heavy atom. The number of nitro benzene ring substituents is 1. The van der Waals surface area contributed by atoms with Crippen molar-refractivity contribution in [3.63, 3.8) is 0 Å². The molecule has 0 bridgehead atoms. The van der Waals surface area contributed by atoms with Gasteiger partial charge in [-0.2, -0.15) is 0 Å². The number of nitrogens with zero attached hydrogens (tertiary/aromatic N) is 2. The average Bonchev–Trinajstić information content (AvgIpc) is 2.03. The molecule has 0 fully saturated rings. The van der Waals surface area contributed by atoms with Crippen LogP contribution >= 0.6 is 11.6 Å². The molecule has 0 atom stereocenters. The number of rotatable bonds is 1. The molecular weight excluding hydrogens is 180 g/mol. The predicted molar refractivity (Wildman–Crippen MR) is 44.4 cm³/mol. The van der Waals surface area contributed by atoms with Crippen molar-refractivity contribution in [1.29, 1.82) is 0 Å². The molecule has 0 aliphatic carbocycles. The monoisotopic (exact) mass is 182 g/mol. The molecule has 4 nitrogen and oxygen atoms in total. The van der Waals surface area contributed by atoms with Gasteiger partial charge in [-0.15, -0.1) is 0 Å². The maximum atomic E-state index is 10.4. The molecule has 0 aliphatic heterocycles. The van der Waals surface area contributed by atoms with Crippen molar-refractivity contribution >= 4 is 23.0 Å². The molecule has 0 amide bonds. The lowest BCUT2D eigenvalue weighted by Gasteiger charge is -1.95. The summed E-state index contributed by atoms with van der Waals surface area (Å²) in [6.45, 7) is 6.64. The lowest BCUT2D eigenvalue weighted by Crippen LogP contribution is -1.88. The molecule has 12 heavy (non-hydrogen) atoms. The van der Waals surface area contributed by atoms with Crippen LogP contribution in [0, 0.1) is 16.7 Å². The minimum absolute atomic E-state index is 0.00602. The van der Waals surface area contributed by atoms with E-state index in [0.29, 0.717) is 0 Å². The fourth-order valence-electron chi connectivity index (χ4n) is 0.775. The van der Waals surface area contributed by atoms with E-state index in [1.165, 1.54) is 18.2 Å². The van der Waals surface area contributed by atoms with Gasteiger partial charge in [0.05, 0.1) is 11.5 Å². The molecule has 0 aliphatic rings. The molecule has 1 rings (SSSR count). The van der Waals surface area contributed by atoms with Gasteiger partial charge in [-0.3, -0.25) is 10.1 Å². The molecule has 0 spiro atoms. The number of halogens is 1. The van der Waals surface area contributed by atoms with Gasteiger partial charge >= 0.3 is 0 Å². The Kier molecular flexibility index (Phi) is 2.26. The highest BCUT2D eigenvalue weighted by atomic mass is 35.5. The SMILES string of the molecule is [C-]#[N+]c1cccc(Cl)c1[N+](=O)[O-]. The van der Waals surface area contributed by atoms with E-state index in [-0.39, 0.29) is 16.4 Å². The minimum Gasteiger partial charge on any atom is -0.259 e. The fraction of sp³-hybridized carbons (Fsp3) is 0. The first kappa shape index (κ1) is 8.50. The molecule has 60 valence electrons. The Bertz CT molecular complexity index is 370. The van der Waals surface area contributed by atoms with E-state index < -0.39 is 4.92 Å². The molecule has 1 aromatic carbocycles. The van der Waals surface area contributed by atoms with Gasteiger partial charge < -0.3 is 0 Å². The lowest BCUT2D eigenvalue weighted by molar-refractivity contribution is -0.383. The zero-order valence-electron chi connectivity index (χ0n) is 5.82. The summed E-state index contributed by atoms with van der Waals surface area (Å²) in [5, 5.41) is 10.4. The topological polar surface area (TPSA) is 47.5 Å². The standard InChI is InChI=1S/C7H3ClN2O2/c1-9-6-4-2-3-5(8)7(6)10(11)12/h2-4H. The number of nitro groups is 1. The summed E-state index contributed by atoms with van der Waals surface area (Å²) in [5.41, 5.74) is -0.360. The molecular formula is C7H3ClN2O2. The molecule has 5 heteroatoms. The number of hydrogen-bond donors (Lipinski definition) is 0. The molecule has 0 heterocycles. The second-order valence-electron chi connectivity index (χ2n) is 1.98. The summed E-state index contributed by atoms with van der Waals surface area (Å²) < 4.78 is 0. The fourth-order valence-corrected chi connectivity index (χ4v) is 1.01. The van der Waals surface area contributed by atoms with E-state index in [2.05, 4.69) is 4.85 Å². The summed E-state index contributed by atoms with van der Waals surface area (Å²) in [5.74, 6) is 0. The third-order valence-electron chi connectivity index (χ3n) is 1.27. The average molecular weight is 183 g/mol. The van der Waals surface area contributed by atoms with Gasteiger partial charge in [0.25, 0.3) is 11.4 Å². The van der Waals surface area contributed by atoms with Crippen LogP contribution in [0.25, 0.3) is 4.85 Å². The van der Waals surface area contributed by atoms with Crippen LogP contribution in [0.3, 0.4) is 0 Å². The normalized spacial score (nSPS) is 9.00. The van der Waals surface area contributed by atoms with Gasteiger partial charge in [0.1, 0.15) is 5.02 Å². The Balaban J connectivity index is 3.42. The highest BCUT2D eigenvalue weighted by molar-refractivity contribution is 6.33. The van der Waals surface area contributed by atoms with Crippen molar-refractivity contribution in [1.82, 2.24) is 0 Å². The quantitative estimate of drug-likeness (QED) is 0.381. The Hall–Kier alpha value is -1.60. The van der Waals surface area contributed by atoms with Crippen molar-refractivity contribution in [3.05, 3.63) is 44.8 Å². The van der Waals surface area contributed by atoms with Crippen LogP contribution in [0.5, 0.6) is 0 Å². The molecule has 0 saturated heterocycles. The van der Waals surface area contributed by atoms with Crippen molar-refractivity contribution in [2.45, 2.75) is 0 Å². The van der Waals surface area contributed by atoms with Crippen molar-refractivity contribution in [2.24, 2.45) is 0 Å². The minimum atomic E-state index is -0.657. The lowest BCUT2D eigenvalue weighted by atomic mass is 10.3. The third-order valence-corrected chi connectivity index (χ3v) is 1.57. The second-order valence-corrected chi connectivity index (χ2v) is 2.38. The van der Waals surface area contributed by atoms with E-state index in [1.807, 2.05) is 0 Å². The highest BCUT2D eigenvalue weighted by Crippen LogP contribution is 2.33. The van der Waals surface area contributed by atoms with Crippen molar-refractivity contribution in [2.75, 3.05) is 0 Å². The first-order valence-corrected chi connectivity index (χ1v) is 3.35. The van der Waals surface area contributed by atoms with Crippen LogP contribution < -0.4 is 0 Å². The first-order chi connectivity index (χ1) is 5.66. The van der Waals surface area contributed by atoms with Gasteiger partial charge in [0, 0.05) is 0 Å². The maximum absolute atomic E-state index is 10.4. The first-order valence-electron chi connectivity index (χ1n) is 2.97. The van der Waals surface area contributed by atoms with E-state index >= 15 is 0 Å². The maximum Gasteiger partial charge on any atom is 0.297 e. The zero-order chi connectivity index (χ0) is 9.14. The smallest absolute Gasteiger partial charge is 0.259 e. The molecule has 1 aromatic rings. The second kappa shape index (κ2) is 3.20. The van der Waals surface area contributed by atoms with Gasteiger partial charge in [0.15, 0.2) is 0 Å². The van der Waals surface area contributed by atoms with Gasteiger partial charge in [-0.1, -0.05) is 17.7 Å². The van der Waals surface area contributed by atoms with Gasteiger partial charge in [0.2, 0.25) is 0 Å². The summed E-state index contributed by atoms with van der Waals surface area (Å²) in [7, 11) is 0. The predicted octanol–water partition coefficient (Wildman–Crippen LogP) is 2.80. The molecule has 0 unspecified atom stereocenters. The van der Waals surface area contributed by atoms with Crippen LogP contribution in [-0.2, 0) is 0 Å². The number of benzene rings is 1. The van der Waals surface area contributed by atoms with E-state index in [0.717, 1.165) is 0 Å². The molecule has 0 radical (unpaired) electrons. The van der Waals surface area contributed by atoms with Gasteiger partial charge in [-0.05, 0) is 12.1 Å². The van der Waals surface area contributed by atoms with E-state index in [9.17, 15) is 10.1 Å². The zero-order valence-corrected chi connectivity index (χ0v) is 6.58. The van der Waals surface area contributed by atoms with Crippen LogP contribution in [0.2, 0.25) is 5.02 Å². The summed E-state index contributed by atoms with van der Waals surface area (Å²) in [6, 6.07) is 4.24. The van der Waals surface area contributed by atoms with E-state index in [1.54, 1.807) is 0 Å². The molecule has 0 N–H and O–H groups in total. The van der Waals surface area contributed by atoms with Crippen molar-refractivity contribution < 1.29 is 4.92 Å².